The van der Waals surface area contributed by atoms with Crippen molar-refractivity contribution < 1.29 is 22.5 Å². The maximum atomic E-state index is 10.7. The Bertz CT molecular complexity index is 531. The third kappa shape index (κ3) is 5.97. The third-order valence-corrected chi connectivity index (χ3v) is 2.59. The summed E-state index contributed by atoms with van der Waals surface area (Å²) in [5.41, 5.74) is 0.403. The molecular weight excluding hydrogens is 256 g/mol. The second kappa shape index (κ2) is 7.41. The number of carbonyl (C=O) groups is 1. The van der Waals surface area contributed by atoms with Gasteiger partial charge in [-0.3, -0.25) is 9.35 Å². The number of carbonyl (C=O) groups excluding carboxylic acids is 1. The first-order chi connectivity index (χ1) is 8.32. The Morgan fingerprint density at radius 3 is 2.17 bits per heavy atom. The van der Waals surface area contributed by atoms with Gasteiger partial charge < -0.3 is 4.74 Å². The van der Waals surface area contributed by atoms with Crippen LogP contribution in [0.15, 0.2) is 48.6 Å². The Hall–Kier alpha value is -1.92. The molecule has 1 aromatic carbocycles. The smallest absolute Gasteiger partial charge is 0.307 e. The van der Waals surface area contributed by atoms with Gasteiger partial charge in [0.05, 0.1) is 6.26 Å². The van der Waals surface area contributed by atoms with E-state index in [-0.39, 0.29) is 10.9 Å². The molecule has 0 atom stereocenters. The summed E-state index contributed by atoms with van der Waals surface area (Å²) in [6, 6.07) is 6.10. The molecule has 6 heteroatoms. The molecule has 0 fully saturated rings. The van der Waals surface area contributed by atoms with E-state index < -0.39 is 10.1 Å². The van der Waals surface area contributed by atoms with E-state index in [4.69, 9.17) is 4.55 Å². The molecule has 98 valence electrons. The van der Waals surface area contributed by atoms with Gasteiger partial charge in [0.25, 0.3) is 10.1 Å². The highest BCUT2D eigenvalue weighted by molar-refractivity contribution is 7.85. The predicted molar refractivity (Wildman–Crippen MR) is 68.3 cm³/mol. The monoisotopic (exact) mass is 270 g/mol. The fourth-order valence-electron chi connectivity index (χ4n) is 1.00. The van der Waals surface area contributed by atoms with Crippen LogP contribution in [0.5, 0.6) is 0 Å². The summed E-state index contributed by atoms with van der Waals surface area (Å²) in [4.78, 5) is 9.64. The predicted octanol–water partition coefficient (Wildman–Crippen LogP) is 2.27. The van der Waals surface area contributed by atoms with Crippen molar-refractivity contribution in [3.63, 3.8) is 0 Å². The number of ether oxygens (including phenoxy) is 1. The van der Waals surface area contributed by atoms with E-state index in [1.165, 1.54) is 25.1 Å². The number of hydrogen-bond acceptors (Lipinski definition) is 4. The van der Waals surface area contributed by atoms with Crippen molar-refractivity contribution in [2.45, 2.75) is 11.8 Å². The first-order valence-electron chi connectivity index (χ1n) is 4.80. The molecule has 1 rings (SSSR count). The van der Waals surface area contributed by atoms with Gasteiger partial charge in [0.1, 0.15) is 4.90 Å². The van der Waals surface area contributed by atoms with Gasteiger partial charge in [-0.05, 0) is 11.6 Å². The van der Waals surface area contributed by atoms with Crippen LogP contribution < -0.4 is 0 Å². The molecule has 0 aliphatic carbocycles. The summed E-state index contributed by atoms with van der Waals surface area (Å²) < 4.78 is 34.3. The van der Waals surface area contributed by atoms with Gasteiger partial charge in [0, 0.05) is 6.92 Å². The van der Waals surface area contributed by atoms with Gasteiger partial charge in [-0.15, -0.1) is 0 Å². The van der Waals surface area contributed by atoms with E-state index in [1.807, 2.05) is 0 Å². The normalized spacial score (nSPS) is 9.67. The minimum Gasteiger partial charge on any atom is -0.435 e. The molecule has 0 saturated heterocycles. The van der Waals surface area contributed by atoms with Gasteiger partial charge in [0.15, 0.2) is 0 Å². The summed E-state index contributed by atoms with van der Waals surface area (Å²) in [6.07, 6.45) is 2.48. The quantitative estimate of drug-likeness (QED) is 0.517. The highest BCUT2D eigenvalue weighted by Crippen LogP contribution is 2.15. The molecule has 0 heterocycles. The van der Waals surface area contributed by atoms with Gasteiger partial charge in [-0.25, -0.2) is 0 Å². The second-order valence-corrected chi connectivity index (χ2v) is 4.38. The summed E-state index contributed by atoms with van der Waals surface area (Å²) in [5.74, 6) is -0.329. The van der Waals surface area contributed by atoms with E-state index in [2.05, 4.69) is 17.9 Å². The molecule has 0 spiro atoms. The van der Waals surface area contributed by atoms with E-state index in [0.717, 1.165) is 6.26 Å². The first kappa shape index (κ1) is 16.1. The van der Waals surface area contributed by atoms with Crippen LogP contribution in [-0.4, -0.2) is 18.9 Å². The van der Waals surface area contributed by atoms with Gasteiger partial charge in [-0.1, -0.05) is 37.4 Å². The van der Waals surface area contributed by atoms with Crippen LogP contribution in [0, 0.1) is 0 Å². The number of esters is 1. The molecule has 0 saturated carbocycles. The van der Waals surface area contributed by atoms with Crippen molar-refractivity contribution in [2.75, 3.05) is 0 Å². The van der Waals surface area contributed by atoms with Crippen molar-refractivity contribution in [3.8, 4) is 0 Å². The number of benzene rings is 1. The summed E-state index contributed by atoms with van der Waals surface area (Å²) in [5, 5.41) is 0. The van der Waals surface area contributed by atoms with Gasteiger partial charge in [-0.2, -0.15) is 8.42 Å². The lowest BCUT2D eigenvalue weighted by Gasteiger charge is -2.00. The second-order valence-electron chi connectivity index (χ2n) is 2.99. The standard InChI is InChI=1S/C8H8O3S.C4H6O2/c1-2-7-5-3-4-6-8(7)12(9,10)11;1-3-6-4(2)5/h2-6H,1H2,(H,9,10,11);3H,1H2,2H3. The molecule has 0 radical (unpaired) electrons. The molecule has 1 aromatic rings. The Labute approximate surface area is 106 Å². The van der Waals surface area contributed by atoms with Crippen LogP contribution in [0.4, 0.5) is 0 Å². The Morgan fingerprint density at radius 2 is 1.89 bits per heavy atom. The molecular formula is C12H14O5S. The zero-order valence-corrected chi connectivity index (χ0v) is 10.7. The van der Waals surface area contributed by atoms with Crippen LogP contribution in [-0.2, 0) is 19.6 Å². The topological polar surface area (TPSA) is 80.7 Å². The van der Waals surface area contributed by atoms with Crippen molar-refractivity contribution in [3.05, 3.63) is 49.2 Å². The Balaban J connectivity index is 0.000000411. The highest BCUT2D eigenvalue weighted by atomic mass is 32.2. The molecule has 0 amide bonds. The molecule has 5 nitrogen and oxygen atoms in total. The molecule has 18 heavy (non-hydrogen) atoms. The molecule has 0 bridgehead atoms. The zero-order chi connectivity index (χ0) is 14.2. The maximum Gasteiger partial charge on any atom is 0.307 e. The van der Waals surface area contributed by atoms with E-state index in [1.54, 1.807) is 12.1 Å². The third-order valence-electron chi connectivity index (χ3n) is 1.67. The minimum atomic E-state index is -4.12. The van der Waals surface area contributed by atoms with Crippen molar-refractivity contribution in [1.82, 2.24) is 0 Å². The van der Waals surface area contributed by atoms with Gasteiger partial charge in [0.2, 0.25) is 0 Å². The van der Waals surface area contributed by atoms with Crippen molar-refractivity contribution >= 4 is 22.2 Å². The lowest BCUT2D eigenvalue weighted by molar-refractivity contribution is -0.135. The van der Waals surface area contributed by atoms with Crippen LogP contribution in [0.25, 0.3) is 6.08 Å². The molecule has 1 N–H and O–H groups in total. The number of rotatable bonds is 3. The summed E-state index contributed by atoms with van der Waals surface area (Å²) >= 11 is 0. The average molecular weight is 270 g/mol. The lowest BCUT2D eigenvalue weighted by atomic mass is 10.2. The average Bonchev–Trinajstić information content (AvgIpc) is 2.28. The number of hydrogen-bond donors (Lipinski definition) is 1. The fraction of sp³-hybridized carbons (Fsp3) is 0.0833. The Kier molecular flexibility index (Phi) is 6.62. The molecule has 0 aliphatic rings. The molecule has 0 aromatic heterocycles. The molecule has 0 unspecified atom stereocenters. The fourth-order valence-corrected chi connectivity index (χ4v) is 1.70. The van der Waals surface area contributed by atoms with Crippen molar-refractivity contribution in [2.24, 2.45) is 0 Å². The van der Waals surface area contributed by atoms with E-state index >= 15 is 0 Å². The SMILES string of the molecule is C=COC(C)=O.C=Cc1ccccc1S(=O)(=O)O. The minimum absolute atomic E-state index is 0.111. The van der Waals surface area contributed by atoms with Crippen LogP contribution in [0.3, 0.4) is 0 Å². The van der Waals surface area contributed by atoms with Crippen LogP contribution in [0.1, 0.15) is 12.5 Å². The highest BCUT2D eigenvalue weighted by Gasteiger charge is 2.11. The van der Waals surface area contributed by atoms with Crippen LogP contribution >= 0.6 is 0 Å². The zero-order valence-electron chi connectivity index (χ0n) is 9.87. The van der Waals surface area contributed by atoms with Gasteiger partial charge >= 0.3 is 5.97 Å². The lowest BCUT2D eigenvalue weighted by Crippen LogP contribution is -1.99. The van der Waals surface area contributed by atoms with E-state index in [0.29, 0.717) is 5.56 Å². The van der Waals surface area contributed by atoms with E-state index in [9.17, 15) is 13.2 Å². The van der Waals surface area contributed by atoms with Crippen molar-refractivity contribution in [1.29, 1.82) is 0 Å². The summed E-state index contributed by atoms with van der Waals surface area (Å²) in [6.45, 7) is 7.91. The largest absolute Gasteiger partial charge is 0.435 e. The Morgan fingerprint density at radius 1 is 1.33 bits per heavy atom. The summed E-state index contributed by atoms with van der Waals surface area (Å²) in [7, 11) is -4.12. The molecule has 0 aliphatic heterocycles. The van der Waals surface area contributed by atoms with Crippen LogP contribution in [0.2, 0.25) is 0 Å². The first-order valence-corrected chi connectivity index (χ1v) is 6.24. The maximum absolute atomic E-state index is 10.7.